The third-order valence-corrected chi connectivity index (χ3v) is 4.07. The highest BCUT2D eigenvalue weighted by molar-refractivity contribution is 5.73. The van der Waals surface area contributed by atoms with Crippen molar-refractivity contribution >= 4 is 5.69 Å². The van der Waals surface area contributed by atoms with Gasteiger partial charge in [-0.2, -0.15) is 0 Å². The number of nitrogens with two attached hydrogens (primary N) is 1. The van der Waals surface area contributed by atoms with E-state index in [1.54, 1.807) is 0 Å². The first-order chi connectivity index (χ1) is 9.25. The molecule has 0 atom stereocenters. The summed E-state index contributed by atoms with van der Waals surface area (Å²) in [7, 11) is 0. The van der Waals surface area contributed by atoms with Crippen molar-refractivity contribution < 1.29 is 0 Å². The molecule has 2 aromatic rings. The summed E-state index contributed by atoms with van der Waals surface area (Å²) < 4.78 is 1.88. The number of benzene rings is 1. The Labute approximate surface area is 112 Å². The fourth-order valence-corrected chi connectivity index (χ4v) is 2.51. The molecular weight excluding hydrogens is 238 g/mol. The van der Waals surface area contributed by atoms with Crippen LogP contribution in [0.15, 0.2) is 18.2 Å². The molecule has 1 aliphatic carbocycles. The summed E-state index contributed by atoms with van der Waals surface area (Å²) in [6.45, 7) is 2.88. The van der Waals surface area contributed by atoms with E-state index >= 15 is 0 Å². The molecule has 0 spiro atoms. The highest BCUT2D eigenvalue weighted by Crippen LogP contribution is 2.31. The Morgan fingerprint density at radius 3 is 2.95 bits per heavy atom. The molecule has 0 bridgehead atoms. The largest absolute Gasteiger partial charge is 0.398 e. The topological polar surface area (TPSA) is 69.6 Å². The lowest BCUT2D eigenvalue weighted by Crippen LogP contribution is -2.15. The van der Waals surface area contributed by atoms with Crippen molar-refractivity contribution in [3.8, 4) is 11.4 Å². The summed E-state index contributed by atoms with van der Waals surface area (Å²) in [6.07, 6.45) is 5.23. The van der Waals surface area contributed by atoms with Gasteiger partial charge in [0.2, 0.25) is 0 Å². The zero-order chi connectivity index (χ0) is 13.2. The Morgan fingerprint density at radius 1 is 1.37 bits per heavy atom. The molecule has 1 aromatic heterocycles. The van der Waals surface area contributed by atoms with E-state index in [2.05, 4.69) is 15.5 Å². The fourth-order valence-electron chi connectivity index (χ4n) is 2.51. The van der Waals surface area contributed by atoms with Gasteiger partial charge in [-0.05, 0) is 41.3 Å². The van der Waals surface area contributed by atoms with Crippen LogP contribution in [0.25, 0.3) is 11.4 Å². The SMILES string of the molecule is Cc1cccc(-c2nnnn2CCC2CCC2)c1N. The molecule has 1 aliphatic rings. The number of hydrogen-bond acceptors (Lipinski definition) is 4. The minimum absolute atomic E-state index is 0.766. The van der Waals surface area contributed by atoms with E-state index in [1.807, 2.05) is 29.8 Å². The average molecular weight is 257 g/mol. The van der Waals surface area contributed by atoms with Crippen molar-refractivity contribution in [2.75, 3.05) is 5.73 Å². The van der Waals surface area contributed by atoms with E-state index in [4.69, 9.17) is 5.73 Å². The second kappa shape index (κ2) is 4.99. The van der Waals surface area contributed by atoms with Crippen LogP contribution in [0.2, 0.25) is 0 Å². The molecule has 1 saturated carbocycles. The molecule has 0 amide bonds. The summed E-state index contributed by atoms with van der Waals surface area (Å²) in [5, 5.41) is 12.0. The molecule has 0 unspecified atom stereocenters. The number of para-hydroxylation sites is 1. The predicted molar refractivity (Wildman–Crippen MR) is 74.4 cm³/mol. The van der Waals surface area contributed by atoms with Crippen LogP contribution in [0.1, 0.15) is 31.2 Å². The van der Waals surface area contributed by atoms with Crippen LogP contribution in [-0.4, -0.2) is 20.2 Å². The number of nitrogen functional groups attached to an aromatic ring is 1. The maximum Gasteiger partial charge on any atom is 0.184 e. The van der Waals surface area contributed by atoms with Gasteiger partial charge < -0.3 is 5.73 Å². The minimum atomic E-state index is 0.766. The molecule has 5 heteroatoms. The average Bonchev–Trinajstić information content (AvgIpc) is 2.79. The third-order valence-electron chi connectivity index (χ3n) is 4.07. The second-order valence-corrected chi connectivity index (χ2v) is 5.35. The molecule has 1 heterocycles. The number of aromatic nitrogens is 4. The van der Waals surface area contributed by atoms with Gasteiger partial charge in [0.15, 0.2) is 5.82 Å². The monoisotopic (exact) mass is 257 g/mol. The van der Waals surface area contributed by atoms with Gasteiger partial charge in [-0.15, -0.1) is 5.10 Å². The maximum absolute atomic E-state index is 6.13. The molecule has 0 aliphatic heterocycles. The van der Waals surface area contributed by atoms with E-state index in [9.17, 15) is 0 Å². The first-order valence-corrected chi connectivity index (χ1v) is 6.87. The Hall–Kier alpha value is -1.91. The summed E-state index contributed by atoms with van der Waals surface area (Å²) >= 11 is 0. The van der Waals surface area contributed by atoms with Crippen molar-refractivity contribution in [2.45, 2.75) is 39.2 Å². The fraction of sp³-hybridized carbons (Fsp3) is 0.500. The summed E-state index contributed by atoms with van der Waals surface area (Å²) in [5.41, 5.74) is 8.88. The van der Waals surface area contributed by atoms with Crippen LogP contribution in [0.5, 0.6) is 0 Å². The van der Waals surface area contributed by atoms with Gasteiger partial charge in [0.25, 0.3) is 0 Å². The molecule has 5 nitrogen and oxygen atoms in total. The number of tetrazole rings is 1. The third kappa shape index (κ3) is 2.32. The van der Waals surface area contributed by atoms with Crippen molar-refractivity contribution in [3.05, 3.63) is 23.8 Å². The van der Waals surface area contributed by atoms with Crippen LogP contribution in [0, 0.1) is 12.8 Å². The van der Waals surface area contributed by atoms with E-state index in [0.717, 1.165) is 41.5 Å². The van der Waals surface area contributed by atoms with Gasteiger partial charge in [0.05, 0.1) is 0 Å². The molecular formula is C14H19N5. The standard InChI is InChI=1S/C14H19N5/c1-10-4-2-7-12(13(10)15)14-16-17-18-19(14)9-8-11-5-3-6-11/h2,4,7,11H,3,5-6,8-9,15H2,1H3. The number of anilines is 1. The van der Waals surface area contributed by atoms with Crippen LogP contribution < -0.4 is 5.73 Å². The van der Waals surface area contributed by atoms with Gasteiger partial charge in [-0.3, -0.25) is 0 Å². The summed E-state index contributed by atoms with van der Waals surface area (Å²) in [5.74, 6) is 1.63. The highest BCUT2D eigenvalue weighted by atomic mass is 15.5. The van der Waals surface area contributed by atoms with Gasteiger partial charge in [0, 0.05) is 17.8 Å². The highest BCUT2D eigenvalue weighted by Gasteiger charge is 2.19. The molecule has 19 heavy (non-hydrogen) atoms. The molecule has 1 fully saturated rings. The molecule has 0 saturated heterocycles. The van der Waals surface area contributed by atoms with Crippen molar-refractivity contribution in [1.82, 2.24) is 20.2 Å². The van der Waals surface area contributed by atoms with Crippen molar-refractivity contribution in [3.63, 3.8) is 0 Å². The first kappa shape index (κ1) is 12.1. The zero-order valence-electron chi connectivity index (χ0n) is 11.2. The molecule has 100 valence electrons. The van der Waals surface area contributed by atoms with Gasteiger partial charge >= 0.3 is 0 Å². The van der Waals surface area contributed by atoms with E-state index < -0.39 is 0 Å². The van der Waals surface area contributed by atoms with Crippen LogP contribution >= 0.6 is 0 Å². The number of aryl methyl sites for hydroxylation is 2. The lowest BCUT2D eigenvalue weighted by atomic mass is 9.83. The molecule has 1 aromatic carbocycles. The first-order valence-electron chi connectivity index (χ1n) is 6.87. The van der Waals surface area contributed by atoms with Gasteiger partial charge in [-0.25, -0.2) is 4.68 Å². The number of hydrogen-bond donors (Lipinski definition) is 1. The van der Waals surface area contributed by atoms with Gasteiger partial charge in [-0.1, -0.05) is 31.4 Å². The summed E-state index contributed by atoms with van der Waals surface area (Å²) in [4.78, 5) is 0. The minimum Gasteiger partial charge on any atom is -0.398 e. The van der Waals surface area contributed by atoms with E-state index in [0.29, 0.717) is 0 Å². The lowest BCUT2D eigenvalue weighted by molar-refractivity contribution is 0.277. The van der Waals surface area contributed by atoms with Crippen molar-refractivity contribution in [2.24, 2.45) is 5.92 Å². The number of rotatable bonds is 4. The smallest absolute Gasteiger partial charge is 0.184 e. The van der Waals surface area contributed by atoms with E-state index in [-0.39, 0.29) is 0 Å². The van der Waals surface area contributed by atoms with Crippen LogP contribution in [0.3, 0.4) is 0 Å². The van der Waals surface area contributed by atoms with Crippen LogP contribution in [-0.2, 0) is 6.54 Å². The zero-order valence-corrected chi connectivity index (χ0v) is 11.2. The molecule has 0 radical (unpaired) electrons. The maximum atomic E-state index is 6.13. The second-order valence-electron chi connectivity index (χ2n) is 5.35. The molecule has 2 N–H and O–H groups in total. The van der Waals surface area contributed by atoms with Crippen molar-refractivity contribution in [1.29, 1.82) is 0 Å². The Balaban J connectivity index is 1.84. The number of nitrogens with zero attached hydrogens (tertiary/aromatic N) is 4. The molecule has 3 rings (SSSR count). The van der Waals surface area contributed by atoms with Crippen LogP contribution in [0.4, 0.5) is 5.69 Å². The Bertz CT molecular complexity index is 571. The Morgan fingerprint density at radius 2 is 2.21 bits per heavy atom. The van der Waals surface area contributed by atoms with Gasteiger partial charge in [0.1, 0.15) is 0 Å². The van der Waals surface area contributed by atoms with E-state index in [1.165, 1.54) is 19.3 Å². The lowest BCUT2D eigenvalue weighted by Gasteiger charge is -2.25. The quantitative estimate of drug-likeness (QED) is 0.854. The normalized spacial score (nSPS) is 15.4. The Kier molecular flexibility index (Phi) is 3.19. The summed E-state index contributed by atoms with van der Waals surface area (Å²) in [6, 6.07) is 5.97. The predicted octanol–water partition coefficient (Wildman–Crippen LogP) is 2.42.